The van der Waals surface area contributed by atoms with Crippen molar-refractivity contribution in [1.82, 2.24) is 0 Å². The van der Waals surface area contributed by atoms with Crippen LogP contribution in [0, 0.1) is 0 Å². The van der Waals surface area contributed by atoms with Crippen molar-refractivity contribution in [3.05, 3.63) is 85.1 Å². The summed E-state index contributed by atoms with van der Waals surface area (Å²) < 4.78 is 68.3. The first-order valence-corrected chi connectivity index (χ1v) is 39.8. The number of rotatable bonds is 69. The van der Waals surface area contributed by atoms with E-state index in [1.807, 2.05) is 12.2 Å². The van der Waals surface area contributed by atoms with Crippen molar-refractivity contribution in [3.63, 3.8) is 0 Å². The second-order valence-corrected chi connectivity index (χ2v) is 27.4. The maximum absolute atomic E-state index is 13.0. The van der Waals surface area contributed by atoms with Gasteiger partial charge in [-0.05, 0) is 89.9 Å². The number of hydrogen-bond donors (Lipinski definition) is 3. The van der Waals surface area contributed by atoms with E-state index in [-0.39, 0.29) is 25.7 Å². The predicted molar refractivity (Wildman–Crippen MR) is 381 cm³/mol. The molecule has 0 aromatic rings. The lowest BCUT2D eigenvalue weighted by atomic mass is 10.0. The lowest BCUT2D eigenvalue weighted by Crippen LogP contribution is -2.30. The highest BCUT2D eigenvalue weighted by Gasteiger charge is 2.30. The minimum atomic E-state index is -4.98. The number of esters is 4. The van der Waals surface area contributed by atoms with Crippen molar-refractivity contribution in [2.75, 3.05) is 39.6 Å². The quantitative estimate of drug-likeness (QED) is 0.0169. The van der Waals surface area contributed by atoms with E-state index in [1.54, 1.807) is 0 Å². The number of allylic oxidation sites excluding steroid dienone is 14. The van der Waals surface area contributed by atoms with Crippen molar-refractivity contribution in [2.45, 2.75) is 329 Å². The summed E-state index contributed by atoms with van der Waals surface area (Å²) in [5, 5.41) is 10.6. The zero-order valence-corrected chi connectivity index (χ0v) is 60.9. The summed E-state index contributed by atoms with van der Waals surface area (Å²) in [5.41, 5.74) is 0. The molecule has 17 nitrogen and oxygen atoms in total. The SMILES string of the molecule is CC/C=C\C/C=C\C/C=C\C/C=C\C/C=C\CCCC(=O)OCC(COP(=O)(O)OCC(O)COP(=O)(O)OCC(COC(=O)CCCCCCCCCCCCCCC)OC(=O)CCCCCCCCCCCCC)OC(=O)CCCCCCC/C=C\C/C=C\CCC. The first-order valence-electron chi connectivity index (χ1n) is 36.8. The van der Waals surface area contributed by atoms with Gasteiger partial charge < -0.3 is 33.8 Å². The van der Waals surface area contributed by atoms with Crippen molar-refractivity contribution < 1.29 is 80.2 Å². The van der Waals surface area contributed by atoms with E-state index >= 15 is 0 Å². The number of ether oxygens (including phenoxy) is 4. The molecule has 0 heterocycles. The lowest BCUT2D eigenvalue weighted by molar-refractivity contribution is -0.161. The molecule has 544 valence electrons. The Labute approximate surface area is 570 Å². The average molecular weight is 1370 g/mol. The minimum absolute atomic E-state index is 0.0674. The molecule has 0 aliphatic heterocycles. The van der Waals surface area contributed by atoms with E-state index in [0.29, 0.717) is 32.1 Å². The molecule has 0 aromatic carbocycles. The molecule has 19 heteroatoms. The summed E-state index contributed by atoms with van der Waals surface area (Å²) in [6.45, 7) is 4.62. The third-order valence-electron chi connectivity index (χ3n) is 15.4. The first kappa shape index (κ1) is 90.2. The topological polar surface area (TPSA) is 237 Å². The van der Waals surface area contributed by atoms with Crippen LogP contribution in [0.25, 0.3) is 0 Å². The van der Waals surface area contributed by atoms with Gasteiger partial charge in [-0.15, -0.1) is 0 Å². The number of hydrogen-bond acceptors (Lipinski definition) is 15. The number of carbonyl (C=O) groups is 4. The Morgan fingerprint density at radius 3 is 0.936 bits per heavy atom. The number of unbranched alkanes of at least 4 members (excludes halogenated alkanes) is 29. The smallest absolute Gasteiger partial charge is 0.462 e. The van der Waals surface area contributed by atoms with Crippen molar-refractivity contribution in [1.29, 1.82) is 0 Å². The van der Waals surface area contributed by atoms with E-state index in [4.69, 9.17) is 37.0 Å². The molecule has 0 radical (unpaired) electrons. The summed E-state index contributed by atoms with van der Waals surface area (Å²) >= 11 is 0. The zero-order valence-electron chi connectivity index (χ0n) is 59.1. The Hall–Kier alpha value is -3.76. The predicted octanol–water partition coefficient (Wildman–Crippen LogP) is 20.7. The normalized spacial score (nSPS) is 14.5. The molecule has 0 fully saturated rings. The van der Waals surface area contributed by atoms with Gasteiger partial charge in [-0.2, -0.15) is 0 Å². The van der Waals surface area contributed by atoms with Gasteiger partial charge in [0.25, 0.3) is 0 Å². The van der Waals surface area contributed by atoms with E-state index in [2.05, 4.69) is 101 Å². The molecule has 0 saturated heterocycles. The van der Waals surface area contributed by atoms with E-state index < -0.39 is 97.5 Å². The zero-order chi connectivity index (χ0) is 69.0. The highest BCUT2D eigenvalue weighted by molar-refractivity contribution is 7.47. The molecular formula is C75H132O17P2. The summed E-state index contributed by atoms with van der Waals surface area (Å²) in [4.78, 5) is 72.6. The van der Waals surface area contributed by atoms with Gasteiger partial charge in [0.2, 0.25) is 0 Å². The van der Waals surface area contributed by atoms with Crippen LogP contribution in [0.2, 0.25) is 0 Å². The molecule has 5 unspecified atom stereocenters. The van der Waals surface area contributed by atoms with Crippen LogP contribution >= 0.6 is 15.6 Å². The van der Waals surface area contributed by atoms with Crippen LogP contribution in [0.5, 0.6) is 0 Å². The van der Waals surface area contributed by atoms with Gasteiger partial charge in [-0.1, -0.05) is 280 Å². The molecule has 0 aliphatic carbocycles. The number of aliphatic hydroxyl groups excluding tert-OH is 1. The molecule has 0 rings (SSSR count). The van der Waals surface area contributed by atoms with Crippen LogP contribution in [-0.4, -0.2) is 96.7 Å². The Bertz CT molecular complexity index is 2120. The third-order valence-corrected chi connectivity index (χ3v) is 17.3. The maximum atomic E-state index is 13.0. The highest BCUT2D eigenvalue weighted by Crippen LogP contribution is 2.45. The number of aliphatic hydroxyl groups is 1. The fraction of sp³-hybridized carbons (Fsp3) is 0.760. The fourth-order valence-corrected chi connectivity index (χ4v) is 11.3. The average Bonchev–Trinajstić information content (AvgIpc) is 2.15. The molecule has 94 heavy (non-hydrogen) atoms. The van der Waals surface area contributed by atoms with E-state index in [0.717, 1.165) is 128 Å². The van der Waals surface area contributed by atoms with Crippen LogP contribution in [0.3, 0.4) is 0 Å². The Morgan fingerprint density at radius 1 is 0.309 bits per heavy atom. The van der Waals surface area contributed by atoms with Crippen molar-refractivity contribution in [3.8, 4) is 0 Å². The molecule has 5 atom stereocenters. The standard InChI is InChI=1S/C75H132O17P2/c1-5-9-13-17-21-25-29-32-33-34-35-38-41-44-48-52-56-60-73(78)86-66-71(92-75(80)62-58-54-50-46-42-37-31-27-23-19-15-11-7-3)68-90-94(83,84)88-64-69(76)63-87-93(81,82)89-67-70(91-74(79)61-57-53-49-45-39-28-24-20-16-12-8-4)65-85-72(77)59-55-51-47-43-40-36-30-26-22-18-14-10-6-2/h9,13,15,19,21,25,27,31-33,35,38,44,48,69-71,76H,5-8,10-12,14,16-18,20,22-24,26,28-30,34,36-37,39-43,45-47,49-68H2,1-4H3,(H,81,82)(H,83,84)/b13-9-,19-15-,25-21-,31-27-,33-32-,38-35-,48-44-. The fourth-order valence-electron chi connectivity index (χ4n) is 9.76. The monoisotopic (exact) mass is 1370 g/mol. The van der Waals surface area contributed by atoms with E-state index in [1.165, 1.54) is 96.3 Å². The van der Waals surface area contributed by atoms with Gasteiger partial charge in [-0.3, -0.25) is 37.3 Å². The molecular weight excluding hydrogens is 1230 g/mol. The first-order chi connectivity index (χ1) is 45.7. The molecule has 0 amide bonds. The lowest BCUT2D eigenvalue weighted by Gasteiger charge is -2.21. The van der Waals surface area contributed by atoms with Crippen LogP contribution in [0.4, 0.5) is 0 Å². The molecule has 0 spiro atoms. The second-order valence-electron chi connectivity index (χ2n) is 24.5. The molecule has 3 N–H and O–H groups in total. The van der Waals surface area contributed by atoms with Crippen molar-refractivity contribution >= 4 is 39.5 Å². The summed E-state index contributed by atoms with van der Waals surface area (Å²) in [7, 11) is -9.95. The van der Waals surface area contributed by atoms with Gasteiger partial charge in [-0.25, -0.2) is 9.13 Å². The summed E-state index contributed by atoms with van der Waals surface area (Å²) in [6.07, 6.45) is 67.4. The van der Waals surface area contributed by atoms with Crippen LogP contribution in [-0.2, 0) is 65.4 Å². The summed E-state index contributed by atoms with van der Waals surface area (Å²) in [6, 6.07) is 0. The number of phosphoric ester groups is 2. The Balaban J connectivity index is 5.35. The van der Waals surface area contributed by atoms with E-state index in [9.17, 15) is 43.2 Å². The molecule has 0 aliphatic rings. The van der Waals surface area contributed by atoms with Crippen LogP contribution in [0.15, 0.2) is 85.1 Å². The number of carbonyl (C=O) groups excluding carboxylic acids is 4. The summed E-state index contributed by atoms with van der Waals surface area (Å²) in [5.74, 6) is -2.24. The largest absolute Gasteiger partial charge is 0.472 e. The van der Waals surface area contributed by atoms with Gasteiger partial charge in [0.1, 0.15) is 19.3 Å². The van der Waals surface area contributed by atoms with Crippen molar-refractivity contribution in [2.24, 2.45) is 0 Å². The van der Waals surface area contributed by atoms with Gasteiger partial charge >= 0.3 is 39.5 Å². The maximum Gasteiger partial charge on any atom is 0.472 e. The molecule has 0 aromatic heterocycles. The van der Waals surface area contributed by atoms with Gasteiger partial charge in [0, 0.05) is 25.7 Å². The van der Waals surface area contributed by atoms with Gasteiger partial charge in [0.05, 0.1) is 26.4 Å². The highest BCUT2D eigenvalue weighted by atomic mass is 31.2. The molecule has 0 bridgehead atoms. The third kappa shape index (κ3) is 66.8. The Kier molecular flexibility index (Phi) is 65.1. The Morgan fingerprint density at radius 2 is 0.585 bits per heavy atom. The van der Waals surface area contributed by atoms with Gasteiger partial charge in [0.15, 0.2) is 12.2 Å². The number of phosphoric acid groups is 2. The minimum Gasteiger partial charge on any atom is -0.462 e. The van der Waals surface area contributed by atoms with Crippen LogP contribution in [0.1, 0.15) is 310 Å². The second kappa shape index (κ2) is 67.8. The molecule has 0 saturated carbocycles. The van der Waals surface area contributed by atoms with Crippen LogP contribution < -0.4 is 0 Å².